The van der Waals surface area contributed by atoms with Crippen LogP contribution in [0.4, 0.5) is 39.5 Å². The molecule has 0 saturated carbocycles. The van der Waals surface area contributed by atoms with Gasteiger partial charge in [-0.2, -0.15) is 39.5 Å². The molecule has 0 bridgehead atoms. The molecule has 27 heavy (non-hydrogen) atoms. The second-order valence-corrected chi connectivity index (χ2v) is 5.17. The number of halogens is 9. The Bertz CT molecular complexity index is 651. The van der Waals surface area contributed by atoms with E-state index in [1.165, 1.54) is 5.56 Å². The Balaban J connectivity index is 0.000000533. The van der Waals surface area contributed by atoms with Gasteiger partial charge < -0.3 is 16.2 Å². The maximum atomic E-state index is 12.1. The second kappa shape index (κ2) is 8.63. The zero-order valence-electron chi connectivity index (χ0n) is 12.8. The molecule has 4 nitrogen and oxygen atoms in total. The zero-order chi connectivity index (χ0) is 21.7. The zero-order valence-corrected chi connectivity index (χ0v) is 13.7. The van der Waals surface area contributed by atoms with Gasteiger partial charge in [0.2, 0.25) is 0 Å². The molecule has 0 aromatic heterocycles. The van der Waals surface area contributed by atoms with Crippen LogP contribution >= 0.6 is 12.2 Å². The standard InChI is InChI=1S/C8H10N2S.C5HF9O2/c9-8(11)10-6-7-4-2-1-3-5-7;6-2(7,1(15)16)3(8,9)4(10,11)5(12,13)14/h1-5H,6H2,(H3,9,10,11);(H,15,16). The summed E-state index contributed by atoms with van der Waals surface area (Å²) in [5.74, 6) is -24.6. The molecule has 0 fully saturated rings. The maximum absolute atomic E-state index is 12.1. The summed E-state index contributed by atoms with van der Waals surface area (Å²) in [5, 5.41) is 10.7. The van der Waals surface area contributed by atoms with E-state index in [9.17, 15) is 44.3 Å². The van der Waals surface area contributed by atoms with Crippen LogP contribution in [0, 0.1) is 0 Å². The first-order valence-corrected chi connectivity index (χ1v) is 6.90. The van der Waals surface area contributed by atoms with Gasteiger partial charge >= 0.3 is 29.9 Å². The predicted octanol–water partition coefficient (Wildman–Crippen LogP) is 3.56. The number of hydrogen-bond donors (Lipinski definition) is 3. The molecule has 0 unspecified atom stereocenters. The summed E-state index contributed by atoms with van der Waals surface area (Å²) in [7, 11) is 0. The van der Waals surface area contributed by atoms with Crippen molar-refractivity contribution in [2.24, 2.45) is 5.73 Å². The molecule has 0 aliphatic carbocycles. The number of hydrogen-bond acceptors (Lipinski definition) is 2. The van der Waals surface area contributed by atoms with E-state index in [2.05, 4.69) is 17.5 Å². The number of nitrogens with two attached hydrogens (primary N) is 1. The Labute approximate surface area is 151 Å². The lowest BCUT2D eigenvalue weighted by molar-refractivity contribution is -0.390. The first-order valence-electron chi connectivity index (χ1n) is 6.49. The van der Waals surface area contributed by atoms with Crippen molar-refractivity contribution in [2.45, 2.75) is 30.5 Å². The summed E-state index contributed by atoms with van der Waals surface area (Å²) < 4.78 is 106. The van der Waals surface area contributed by atoms with Crippen molar-refractivity contribution in [3.05, 3.63) is 35.9 Å². The fraction of sp³-hybridized carbons (Fsp3) is 0.385. The fourth-order valence-corrected chi connectivity index (χ4v) is 1.37. The molecule has 0 saturated heterocycles. The van der Waals surface area contributed by atoms with Crippen LogP contribution in [0.3, 0.4) is 0 Å². The topological polar surface area (TPSA) is 75.3 Å². The van der Waals surface area contributed by atoms with Gasteiger partial charge in [0.1, 0.15) is 0 Å². The lowest BCUT2D eigenvalue weighted by Gasteiger charge is -2.31. The maximum Gasteiger partial charge on any atom is 0.460 e. The number of rotatable bonds is 5. The molecule has 0 heterocycles. The van der Waals surface area contributed by atoms with Gasteiger partial charge in [-0.05, 0) is 17.8 Å². The van der Waals surface area contributed by atoms with Crippen LogP contribution in [0.25, 0.3) is 0 Å². The molecular weight excluding hydrogens is 419 g/mol. The minimum atomic E-state index is -7.16. The number of carboxylic acids is 1. The highest BCUT2D eigenvalue weighted by molar-refractivity contribution is 7.80. The van der Waals surface area contributed by atoms with E-state index in [1.54, 1.807) is 0 Å². The highest BCUT2D eigenvalue weighted by Crippen LogP contribution is 2.52. The van der Waals surface area contributed by atoms with Crippen LogP contribution < -0.4 is 11.1 Å². The van der Waals surface area contributed by atoms with E-state index in [1.807, 2.05) is 30.3 Å². The van der Waals surface area contributed by atoms with E-state index in [0.29, 0.717) is 11.7 Å². The van der Waals surface area contributed by atoms with Crippen molar-refractivity contribution in [3.63, 3.8) is 0 Å². The monoisotopic (exact) mass is 430 g/mol. The fourth-order valence-electron chi connectivity index (χ4n) is 1.29. The van der Waals surface area contributed by atoms with Crippen molar-refractivity contribution >= 4 is 23.3 Å². The van der Waals surface area contributed by atoms with Crippen molar-refractivity contribution in [1.29, 1.82) is 0 Å². The van der Waals surface area contributed by atoms with Gasteiger partial charge in [0.05, 0.1) is 0 Å². The third kappa shape index (κ3) is 5.87. The summed E-state index contributed by atoms with van der Waals surface area (Å²) in [5.41, 5.74) is 6.44. The Hall–Kier alpha value is -2.25. The molecule has 154 valence electrons. The normalized spacial score (nSPS) is 12.6. The van der Waals surface area contributed by atoms with Crippen LogP contribution in [0.5, 0.6) is 0 Å². The third-order valence-electron chi connectivity index (χ3n) is 2.72. The van der Waals surface area contributed by atoms with Crippen LogP contribution in [0.2, 0.25) is 0 Å². The quantitative estimate of drug-likeness (QED) is 0.492. The molecule has 1 rings (SSSR count). The number of alkyl halides is 9. The summed E-state index contributed by atoms with van der Waals surface area (Å²) in [6, 6.07) is 9.98. The summed E-state index contributed by atoms with van der Waals surface area (Å²) in [4.78, 5) is 9.51. The molecule has 0 aliphatic rings. The van der Waals surface area contributed by atoms with Gasteiger partial charge in [-0.25, -0.2) is 4.79 Å². The van der Waals surface area contributed by atoms with E-state index in [4.69, 9.17) is 10.8 Å². The second-order valence-electron chi connectivity index (χ2n) is 4.73. The van der Waals surface area contributed by atoms with Crippen molar-refractivity contribution in [3.8, 4) is 0 Å². The summed E-state index contributed by atoms with van der Waals surface area (Å²) >= 11 is 4.66. The lowest BCUT2D eigenvalue weighted by Crippen LogP contribution is -2.63. The molecule has 0 amide bonds. The summed E-state index contributed by atoms with van der Waals surface area (Å²) in [6.07, 6.45) is -7.00. The molecule has 0 radical (unpaired) electrons. The minimum absolute atomic E-state index is 0.342. The third-order valence-corrected chi connectivity index (χ3v) is 2.87. The number of aliphatic carboxylic acids is 1. The van der Waals surface area contributed by atoms with Gasteiger partial charge in [0.15, 0.2) is 5.11 Å². The number of benzene rings is 1. The number of carbonyl (C=O) groups is 1. The predicted molar refractivity (Wildman–Crippen MR) is 78.6 cm³/mol. The van der Waals surface area contributed by atoms with Crippen molar-refractivity contribution in [1.82, 2.24) is 5.32 Å². The number of thiocarbonyl (C=S) groups is 1. The molecule has 0 atom stereocenters. The number of carboxylic acid groups (broad SMARTS) is 1. The summed E-state index contributed by atoms with van der Waals surface area (Å²) in [6.45, 7) is 0.705. The van der Waals surface area contributed by atoms with E-state index >= 15 is 0 Å². The lowest BCUT2D eigenvalue weighted by atomic mass is 10.0. The van der Waals surface area contributed by atoms with Crippen molar-refractivity contribution < 1.29 is 49.4 Å². The van der Waals surface area contributed by atoms with Crippen LogP contribution in [-0.4, -0.2) is 40.1 Å². The Morgan fingerprint density at radius 1 is 0.963 bits per heavy atom. The van der Waals surface area contributed by atoms with Crippen LogP contribution in [-0.2, 0) is 11.3 Å². The SMILES string of the molecule is NC(=S)NCc1ccccc1.O=C(O)C(F)(F)C(F)(F)C(F)(F)C(F)(F)F. The smallest absolute Gasteiger partial charge is 0.460 e. The van der Waals surface area contributed by atoms with Crippen LogP contribution in [0.15, 0.2) is 30.3 Å². The minimum Gasteiger partial charge on any atom is -0.477 e. The Kier molecular flexibility index (Phi) is 7.91. The highest BCUT2D eigenvalue weighted by Gasteiger charge is 2.84. The molecule has 0 spiro atoms. The molecule has 1 aromatic carbocycles. The number of nitrogens with one attached hydrogen (secondary N) is 1. The molecule has 0 aliphatic heterocycles. The molecule has 1 aromatic rings. The van der Waals surface area contributed by atoms with E-state index in [-0.39, 0.29) is 0 Å². The van der Waals surface area contributed by atoms with Gasteiger partial charge in [-0.3, -0.25) is 0 Å². The Morgan fingerprint density at radius 2 is 1.41 bits per heavy atom. The first kappa shape index (κ1) is 24.8. The van der Waals surface area contributed by atoms with E-state index in [0.717, 1.165) is 0 Å². The molecule has 14 heteroatoms. The first-order chi connectivity index (χ1) is 12.0. The van der Waals surface area contributed by atoms with E-state index < -0.39 is 29.9 Å². The molecule has 4 N–H and O–H groups in total. The average molecular weight is 430 g/mol. The van der Waals surface area contributed by atoms with Gasteiger partial charge in [0, 0.05) is 6.54 Å². The van der Waals surface area contributed by atoms with Crippen LogP contribution in [0.1, 0.15) is 5.56 Å². The average Bonchev–Trinajstić information content (AvgIpc) is 2.53. The Morgan fingerprint density at radius 3 is 1.74 bits per heavy atom. The highest BCUT2D eigenvalue weighted by atomic mass is 32.1. The van der Waals surface area contributed by atoms with Gasteiger partial charge in [0.25, 0.3) is 0 Å². The van der Waals surface area contributed by atoms with Gasteiger partial charge in [-0.1, -0.05) is 30.3 Å². The largest absolute Gasteiger partial charge is 0.477 e. The molecular formula is C13H11F9N2O2S. The van der Waals surface area contributed by atoms with Gasteiger partial charge in [-0.15, -0.1) is 0 Å². The van der Waals surface area contributed by atoms with Crippen molar-refractivity contribution in [2.75, 3.05) is 0 Å².